The van der Waals surface area contributed by atoms with Gasteiger partial charge in [-0.2, -0.15) is 0 Å². The van der Waals surface area contributed by atoms with Crippen molar-refractivity contribution in [2.75, 3.05) is 0 Å². The second kappa shape index (κ2) is 4.33. The first-order chi connectivity index (χ1) is 9.95. The SMILES string of the molecule is CC1(C)[C@@H]2CC[C@@]1(C)[C@@H]1O[C@@H]([C@H](O)c3ccccc3)C[C@H]21. The van der Waals surface area contributed by atoms with E-state index >= 15 is 0 Å². The van der Waals surface area contributed by atoms with Crippen molar-refractivity contribution in [1.82, 2.24) is 0 Å². The summed E-state index contributed by atoms with van der Waals surface area (Å²) in [5.41, 5.74) is 1.65. The molecule has 1 N–H and O–H groups in total. The average Bonchev–Trinajstić information content (AvgIpc) is 3.05. The predicted octanol–water partition coefficient (Wildman–Crippen LogP) is 3.95. The zero-order valence-electron chi connectivity index (χ0n) is 13.3. The molecule has 0 amide bonds. The van der Waals surface area contributed by atoms with E-state index < -0.39 is 6.10 Å². The zero-order chi connectivity index (χ0) is 14.8. The van der Waals surface area contributed by atoms with Crippen LogP contribution in [-0.4, -0.2) is 17.3 Å². The monoisotopic (exact) mass is 286 g/mol. The van der Waals surface area contributed by atoms with E-state index in [1.807, 2.05) is 30.3 Å². The molecule has 2 nitrogen and oxygen atoms in total. The number of fused-ring (bicyclic) bond motifs is 5. The van der Waals surface area contributed by atoms with E-state index in [1.165, 1.54) is 12.8 Å². The molecule has 0 unspecified atom stereocenters. The quantitative estimate of drug-likeness (QED) is 0.892. The highest BCUT2D eigenvalue weighted by Crippen LogP contribution is 2.71. The Morgan fingerprint density at radius 1 is 1.19 bits per heavy atom. The minimum absolute atomic E-state index is 0.0292. The van der Waals surface area contributed by atoms with Gasteiger partial charge in [-0.3, -0.25) is 0 Å². The van der Waals surface area contributed by atoms with Gasteiger partial charge >= 0.3 is 0 Å². The van der Waals surface area contributed by atoms with Crippen LogP contribution in [0.4, 0.5) is 0 Å². The van der Waals surface area contributed by atoms with Crippen LogP contribution in [0.3, 0.4) is 0 Å². The van der Waals surface area contributed by atoms with E-state index in [1.54, 1.807) is 0 Å². The third kappa shape index (κ3) is 1.66. The summed E-state index contributed by atoms with van der Waals surface area (Å²) >= 11 is 0. The largest absolute Gasteiger partial charge is 0.386 e. The van der Waals surface area contributed by atoms with Gasteiger partial charge in [0.1, 0.15) is 6.10 Å². The molecule has 1 aliphatic heterocycles. The van der Waals surface area contributed by atoms with Crippen molar-refractivity contribution < 1.29 is 9.84 Å². The summed E-state index contributed by atoms with van der Waals surface area (Å²) in [5, 5.41) is 10.7. The van der Waals surface area contributed by atoms with E-state index in [2.05, 4.69) is 20.8 Å². The van der Waals surface area contributed by atoms with Crippen LogP contribution >= 0.6 is 0 Å². The van der Waals surface area contributed by atoms with Gasteiger partial charge in [0.25, 0.3) is 0 Å². The number of aliphatic hydroxyl groups is 1. The Hall–Kier alpha value is -0.860. The Kier molecular flexibility index (Phi) is 2.84. The van der Waals surface area contributed by atoms with E-state index in [0.29, 0.717) is 17.4 Å². The number of rotatable bonds is 2. The van der Waals surface area contributed by atoms with Crippen LogP contribution in [0.5, 0.6) is 0 Å². The average molecular weight is 286 g/mol. The maximum Gasteiger partial charge on any atom is 0.105 e. The van der Waals surface area contributed by atoms with E-state index in [4.69, 9.17) is 4.74 Å². The molecule has 2 saturated carbocycles. The number of aliphatic hydroxyl groups excluding tert-OH is 1. The lowest BCUT2D eigenvalue weighted by molar-refractivity contribution is -0.0918. The lowest BCUT2D eigenvalue weighted by atomic mass is 9.70. The Bertz CT molecular complexity index is 538. The molecule has 4 rings (SSSR count). The van der Waals surface area contributed by atoms with Gasteiger partial charge in [0.05, 0.1) is 12.2 Å². The Morgan fingerprint density at radius 2 is 1.90 bits per heavy atom. The molecular formula is C19H26O2. The van der Waals surface area contributed by atoms with Crippen LogP contribution in [0.1, 0.15) is 51.7 Å². The lowest BCUT2D eigenvalue weighted by Crippen LogP contribution is -2.38. The fourth-order valence-electron chi connectivity index (χ4n) is 5.62. The van der Waals surface area contributed by atoms with Crippen LogP contribution in [0.15, 0.2) is 30.3 Å². The minimum atomic E-state index is -0.483. The first-order valence-corrected chi connectivity index (χ1v) is 8.33. The molecule has 2 heteroatoms. The number of hydrogen-bond acceptors (Lipinski definition) is 2. The standard InChI is InChI=1S/C19H26O2/c1-18(2)14-9-10-19(18,3)17-13(14)11-15(21-17)16(20)12-7-5-4-6-8-12/h4-8,13-17,20H,9-11H2,1-3H3/t13-,14-,15-,16-,17-,19+/m1/s1. The molecular weight excluding hydrogens is 260 g/mol. The first-order valence-electron chi connectivity index (χ1n) is 8.33. The molecule has 0 radical (unpaired) electrons. The Labute approximate surface area is 127 Å². The fourth-order valence-corrected chi connectivity index (χ4v) is 5.62. The maximum atomic E-state index is 10.7. The Morgan fingerprint density at radius 3 is 2.57 bits per heavy atom. The molecule has 1 heterocycles. The number of benzene rings is 1. The smallest absolute Gasteiger partial charge is 0.105 e. The molecule has 1 aromatic carbocycles. The molecule has 3 aliphatic rings. The van der Waals surface area contributed by atoms with Crippen molar-refractivity contribution in [3.63, 3.8) is 0 Å². The van der Waals surface area contributed by atoms with Gasteiger partial charge in [-0.05, 0) is 47.5 Å². The Balaban J connectivity index is 1.58. The van der Waals surface area contributed by atoms with Gasteiger partial charge in [-0.15, -0.1) is 0 Å². The molecule has 6 atom stereocenters. The second-order valence-corrected chi connectivity index (χ2v) is 8.13. The van der Waals surface area contributed by atoms with Crippen molar-refractivity contribution in [3.8, 4) is 0 Å². The molecule has 0 aromatic heterocycles. The number of ether oxygens (including phenoxy) is 1. The van der Waals surface area contributed by atoms with Gasteiger partial charge in [0.15, 0.2) is 0 Å². The van der Waals surface area contributed by atoms with Crippen LogP contribution in [-0.2, 0) is 4.74 Å². The number of hydrogen-bond donors (Lipinski definition) is 1. The lowest BCUT2D eigenvalue weighted by Gasteiger charge is -2.39. The summed E-state index contributed by atoms with van der Waals surface area (Å²) in [6.07, 6.45) is 3.46. The fraction of sp³-hybridized carbons (Fsp3) is 0.684. The summed E-state index contributed by atoms with van der Waals surface area (Å²) in [6.45, 7) is 7.26. The molecule has 2 bridgehead atoms. The molecule has 1 saturated heterocycles. The summed E-state index contributed by atoms with van der Waals surface area (Å²) in [5.74, 6) is 1.41. The molecule has 114 valence electrons. The molecule has 0 spiro atoms. The van der Waals surface area contributed by atoms with Crippen LogP contribution in [0, 0.1) is 22.7 Å². The summed E-state index contributed by atoms with van der Waals surface area (Å²) < 4.78 is 6.42. The minimum Gasteiger partial charge on any atom is -0.386 e. The van der Waals surface area contributed by atoms with Crippen molar-refractivity contribution in [1.29, 1.82) is 0 Å². The second-order valence-electron chi connectivity index (χ2n) is 8.13. The van der Waals surface area contributed by atoms with Crippen molar-refractivity contribution >= 4 is 0 Å². The predicted molar refractivity (Wildman–Crippen MR) is 82.8 cm³/mol. The molecule has 1 aromatic rings. The third-order valence-corrected chi connectivity index (χ3v) is 7.23. The van der Waals surface area contributed by atoms with Gasteiger partial charge in [-0.25, -0.2) is 0 Å². The van der Waals surface area contributed by atoms with E-state index in [9.17, 15) is 5.11 Å². The van der Waals surface area contributed by atoms with Crippen LogP contribution < -0.4 is 0 Å². The normalized spacial score (nSPS) is 44.8. The van der Waals surface area contributed by atoms with Gasteiger partial charge in [-0.1, -0.05) is 51.1 Å². The maximum absolute atomic E-state index is 10.7. The van der Waals surface area contributed by atoms with Crippen molar-refractivity contribution in [3.05, 3.63) is 35.9 Å². The summed E-state index contributed by atoms with van der Waals surface area (Å²) in [6, 6.07) is 9.97. The highest BCUT2D eigenvalue weighted by molar-refractivity contribution is 5.22. The molecule has 2 aliphatic carbocycles. The first kappa shape index (κ1) is 13.8. The van der Waals surface area contributed by atoms with Gasteiger partial charge < -0.3 is 9.84 Å². The third-order valence-electron chi connectivity index (χ3n) is 7.23. The highest BCUT2D eigenvalue weighted by Gasteiger charge is 2.69. The van der Waals surface area contributed by atoms with Gasteiger partial charge in [0, 0.05) is 0 Å². The van der Waals surface area contributed by atoms with E-state index in [0.717, 1.165) is 17.9 Å². The molecule has 21 heavy (non-hydrogen) atoms. The van der Waals surface area contributed by atoms with Crippen LogP contribution in [0.2, 0.25) is 0 Å². The highest BCUT2D eigenvalue weighted by atomic mass is 16.5. The van der Waals surface area contributed by atoms with Crippen molar-refractivity contribution in [2.45, 2.75) is 58.3 Å². The zero-order valence-corrected chi connectivity index (χ0v) is 13.3. The molecule has 3 fully saturated rings. The van der Waals surface area contributed by atoms with Gasteiger partial charge in [0.2, 0.25) is 0 Å². The summed E-state index contributed by atoms with van der Waals surface area (Å²) in [4.78, 5) is 0. The van der Waals surface area contributed by atoms with E-state index in [-0.39, 0.29) is 11.5 Å². The van der Waals surface area contributed by atoms with Crippen LogP contribution in [0.25, 0.3) is 0 Å². The summed E-state index contributed by atoms with van der Waals surface area (Å²) in [7, 11) is 0. The van der Waals surface area contributed by atoms with Crippen molar-refractivity contribution in [2.24, 2.45) is 22.7 Å². The topological polar surface area (TPSA) is 29.5 Å².